The van der Waals surface area contributed by atoms with E-state index in [0.717, 1.165) is 35.3 Å². The number of carbonyl (C=O) groups excluding carboxylic acids is 2. The maximum atomic E-state index is 12.7. The van der Waals surface area contributed by atoms with Crippen LogP contribution in [-0.4, -0.2) is 43.6 Å². The minimum Gasteiger partial charge on any atom is -0.496 e. The zero-order valence-electron chi connectivity index (χ0n) is 15.1. The highest BCUT2D eigenvalue weighted by molar-refractivity contribution is 5.81. The number of likely N-dealkylation sites (tertiary alicyclic amines) is 1. The highest BCUT2D eigenvalue weighted by atomic mass is 16.5. The van der Waals surface area contributed by atoms with Gasteiger partial charge >= 0.3 is 5.97 Å². The highest BCUT2D eigenvalue weighted by Crippen LogP contribution is 2.27. The predicted octanol–water partition coefficient (Wildman–Crippen LogP) is 2.66. The molecule has 1 unspecified atom stereocenters. The molecular weight excluding hydrogens is 306 g/mol. The molecule has 1 atom stereocenters. The molecule has 1 amide bonds. The average Bonchev–Trinajstić information content (AvgIpc) is 2.55. The summed E-state index contributed by atoms with van der Waals surface area (Å²) < 4.78 is 10.6. The van der Waals surface area contributed by atoms with Crippen molar-refractivity contribution in [3.8, 4) is 5.75 Å². The van der Waals surface area contributed by atoms with Crippen molar-refractivity contribution in [3.63, 3.8) is 0 Å². The fraction of sp³-hybridized carbons (Fsp3) is 0.579. The molecule has 5 heteroatoms. The van der Waals surface area contributed by atoms with Crippen LogP contribution in [0.1, 0.15) is 36.5 Å². The Morgan fingerprint density at radius 2 is 2.04 bits per heavy atom. The molecule has 0 N–H and O–H groups in total. The van der Waals surface area contributed by atoms with E-state index in [0.29, 0.717) is 26.1 Å². The Morgan fingerprint density at radius 3 is 2.71 bits per heavy atom. The van der Waals surface area contributed by atoms with Gasteiger partial charge in [0, 0.05) is 18.7 Å². The molecule has 1 fully saturated rings. The lowest BCUT2D eigenvalue weighted by Crippen LogP contribution is -2.43. The monoisotopic (exact) mass is 333 g/mol. The minimum atomic E-state index is -0.205. The van der Waals surface area contributed by atoms with Crippen LogP contribution < -0.4 is 4.74 Å². The molecule has 1 saturated heterocycles. The van der Waals surface area contributed by atoms with Gasteiger partial charge in [0.05, 0.1) is 26.1 Å². The number of methoxy groups -OCH3 is 1. The Morgan fingerprint density at radius 1 is 1.29 bits per heavy atom. The summed E-state index contributed by atoms with van der Waals surface area (Å²) in [5.41, 5.74) is 3.04. The van der Waals surface area contributed by atoms with Crippen molar-refractivity contribution in [2.45, 2.75) is 40.0 Å². The van der Waals surface area contributed by atoms with E-state index in [9.17, 15) is 9.59 Å². The average molecular weight is 333 g/mol. The Labute approximate surface area is 143 Å². The number of esters is 1. The van der Waals surface area contributed by atoms with Crippen LogP contribution in [0.15, 0.2) is 12.1 Å². The van der Waals surface area contributed by atoms with Gasteiger partial charge in [-0.05, 0) is 39.2 Å². The summed E-state index contributed by atoms with van der Waals surface area (Å²) >= 11 is 0. The molecule has 0 aliphatic carbocycles. The van der Waals surface area contributed by atoms with E-state index in [2.05, 4.69) is 0 Å². The van der Waals surface area contributed by atoms with Crippen molar-refractivity contribution in [2.24, 2.45) is 5.92 Å². The molecule has 1 heterocycles. The Bertz CT molecular complexity index is 612. The molecule has 0 bridgehead atoms. The van der Waals surface area contributed by atoms with Crippen LogP contribution in [-0.2, 0) is 20.7 Å². The summed E-state index contributed by atoms with van der Waals surface area (Å²) in [5.74, 6) is 0.406. The molecule has 5 nitrogen and oxygen atoms in total. The van der Waals surface area contributed by atoms with Crippen molar-refractivity contribution >= 4 is 11.9 Å². The molecular formula is C19H27NO4. The molecule has 24 heavy (non-hydrogen) atoms. The highest BCUT2D eigenvalue weighted by Gasteiger charge is 2.29. The fourth-order valence-corrected chi connectivity index (χ4v) is 3.40. The summed E-state index contributed by atoms with van der Waals surface area (Å²) in [5, 5.41) is 0. The number of benzene rings is 1. The van der Waals surface area contributed by atoms with Gasteiger partial charge in [-0.3, -0.25) is 9.59 Å². The zero-order valence-corrected chi connectivity index (χ0v) is 15.1. The normalized spacial score (nSPS) is 17.5. The summed E-state index contributed by atoms with van der Waals surface area (Å²) in [4.78, 5) is 26.4. The van der Waals surface area contributed by atoms with E-state index in [1.165, 1.54) is 0 Å². The van der Waals surface area contributed by atoms with Gasteiger partial charge < -0.3 is 14.4 Å². The molecule has 2 rings (SSSR count). The van der Waals surface area contributed by atoms with Gasteiger partial charge in [-0.2, -0.15) is 0 Å². The molecule has 1 aliphatic rings. The topological polar surface area (TPSA) is 55.8 Å². The van der Waals surface area contributed by atoms with Crippen LogP contribution in [0.4, 0.5) is 0 Å². The number of aryl methyl sites for hydroxylation is 2. The summed E-state index contributed by atoms with van der Waals surface area (Å²) in [6.07, 6.45) is 1.91. The largest absolute Gasteiger partial charge is 0.496 e. The number of piperidine rings is 1. The predicted molar refractivity (Wildman–Crippen MR) is 92.1 cm³/mol. The molecule has 1 aromatic carbocycles. The number of hydrogen-bond donors (Lipinski definition) is 0. The molecule has 0 saturated carbocycles. The fourth-order valence-electron chi connectivity index (χ4n) is 3.40. The number of nitrogens with zero attached hydrogens (tertiary/aromatic N) is 1. The van der Waals surface area contributed by atoms with Crippen LogP contribution in [0.2, 0.25) is 0 Å². The van der Waals surface area contributed by atoms with E-state index in [4.69, 9.17) is 9.47 Å². The maximum absolute atomic E-state index is 12.7. The Hall–Kier alpha value is -2.04. The summed E-state index contributed by atoms with van der Waals surface area (Å²) in [6.45, 7) is 7.32. The third-order valence-corrected chi connectivity index (χ3v) is 4.44. The molecule has 0 aromatic heterocycles. The molecule has 1 aliphatic heterocycles. The second-order valence-electron chi connectivity index (χ2n) is 6.38. The first-order valence-corrected chi connectivity index (χ1v) is 8.54. The van der Waals surface area contributed by atoms with Crippen molar-refractivity contribution < 1.29 is 19.1 Å². The van der Waals surface area contributed by atoms with E-state index < -0.39 is 0 Å². The second-order valence-corrected chi connectivity index (χ2v) is 6.38. The van der Waals surface area contributed by atoms with Crippen LogP contribution in [0, 0.1) is 19.8 Å². The van der Waals surface area contributed by atoms with Gasteiger partial charge in [0.25, 0.3) is 0 Å². The standard InChI is InChI=1S/C19H27NO4/c1-5-24-19(22)15-7-6-8-20(12-15)17(21)11-16-10-13(2)9-14(3)18(16)23-4/h9-10,15H,5-8,11-12H2,1-4H3. The van der Waals surface area contributed by atoms with Gasteiger partial charge in [-0.15, -0.1) is 0 Å². The number of amides is 1. The Kier molecular flexibility index (Phi) is 6.23. The van der Waals surface area contributed by atoms with E-state index in [-0.39, 0.29) is 17.8 Å². The minimum absolute atomic E-state index is 0.0345. The number of rotatable bonds is 5. The summed E-state index contributed by atoms with van der Waals surface area (Å²) in [7, 11) is 1.63. The Balaban J connectivity index is 2.08. The first kappa shape index (κ1) is 18.3. The maximum Gasteiger partial charge on any atom is 0.310 e. The van der Waals surface area contributed by atoms with E-state index in [1.54, 1.807) is 18.9 Å². The van der Waals surface area contributed by atoms with Crippen molar-refractivity contribution in [1.82, 2.24) is 4.90 Å². The van der Waals surface area contributed by atoms with Crippen molar-refractivity contribution in [2.75, 3.05) is 26.8 Å². The lowest BCUT2D eigenvalue weighted by molar-refractivity contribution is -0.151. The smallest absolute Gasteiger partial charge is 0.310 e. The second kappa shape index (κ2) is 8.18. The van der Waals surface area contributed by atoms with Crippen LogP contribution in [0.3, 0.4) is 0 Å². The quantitative estimate of drug-likeness (QED) is 0.778. The number of carbonyl (C=O) groups is 2. The molecule has 132 valence electrons. The van der Waals surface area contributed by atoms with Gasteiger partial charge in [0.1, 0.15) is 5.75 Å². The first-order chi connectivity index (χ1) is 11.5. The zero-order chi connectivity index (χ0) is 17.7. The third-order valence-electron chi connectivity index (χ3n) is 4.44. The van der Waals surface area contributed by atoms with Crippen LogP contribution >= 0.6 is 0 Å². The van der Waals surface area contributed by atoms with Gasteiger partial charge in [-0.25, -0.2) is 0 Å². The van der Waals surface area contributed by atoms with Crippen molar-refractivity contribution in [1.29, 1.82) is 0 Å². The van der Waals surface area contributed by atoms with Crippen LogP contribution in [0.5, 0.6) is 5.75 Å². The number of ether oxygens (including phenoxy) is 2. The number of hydrogen-bond acceptors (Lipinski definition) is 4. The first-order valence-electron chi connectivity index (χ1n) is 8.54. The van der Waals surface area contributed by atoms with Gasteiger partial charge in [0.2, 0.25) is 5.91 Å². The van der Waals surface area contributed by atoms with E-state index >= 15 is 0 Å². The molecule has 0 radical (unpaired) electrons. The lowest BCUT2D eigenvalue weighted by atomic mass is 9.97. The summed E-state index contributed by atoms with van der Waals surface area (Å²) in [6, 6.07) is 4.04. The van der Waals surface area contributed by atoms with Gasteiger partial charge in [-0.1, -0.05) is 17.7 Å². The third kappa shape index (κ3) is 4.28. The SMILES string of the molecule is CCOC(=O)C1CCCN(C(=O)Cc2cc(C)cc(C)c2OC)C1. The molecule has 0 spiro atoms. The lowest BCUT2D eigenvalue weighted by Gasteiger charge is -2.31. The van der Waals surface area contributed by atoms with Gasteiger partial charge in [0.15, 0.2) is 0 Å². The van der Waals surface area contributed by atoms with Crippen LogP contribution in [0.25, 0.3) is 0 Å². The molecule has 1 aromatic rings. The van der Waals surface area contributed by atoms with E-state index in [1.807, 2.05) is 26.0 Å². The van der Waals surface area contributed by atoms with Crippen molar-refractivity contribution in [3.05, 3.63) is 28.8 Å².